The fourth-order valence-corrected chi connectivity index (χ4v) is 2.16. The second kappa shape index (κ2) is 4.61. The molecule has 1 aromatic rings. The number of nitrogens with zero attached hydrogens (tertiary/aromatic N) is 2. The van der Waals surface area contributed by atoms with E-state index in [0.29, 0.717) is 5.92 Å². The van der Waals surface area contributed by atoms with Crippen molar-refractivity contribution < 1.29 is 9.90 Å². The third kappa shape index (κ3) is 2.39. The molecule has 4 nitrogen and oxygen atoms in total. The molecule has 2 heterocycles. The normalized spacial score (nSPS) is 18.6. The molecule has 0 atom stereocenters. The minimum absolute atomic E-state index is 0.149. The van der Waals surface area contributed by atoms with Gasteiger partial charge in [0.15, 0.2) is 0 Å². The highest BCUT2D eigenvalue weighted by molar-refractivity contribution is 5.85. The number of aromatic nitrogens is 1. The van der Waals surface area contributed by atoms with Crippen LogP contribution in [0, 0.1) is 0 Å². The standard InChI is InChI=1S/C12H16N2O2/c1-14-6-3-9(4-7-14)10-2-5-13-11(8-10)12(15)16/h2,5,8-9H,3-4,6-7H2,1H3,(H,15,16). The summed E-state index contributed by atoms with van der Waals surface area (Å²) in [5.74, 6) is -0.466. The lowest BCUT2D eigenvalue weighted by Gasteiger charge is -2.29. The van der Waals surface area contributed by atoms with Gasteiger partial charge in [0, 0.05) is 6.20 Å². The van der Waals surface area contributed by atoms with E-state index >= 15 is 0 Å². The van der Waals surface area contributed by atoms with E-state index in [4.69, 9.17) is 5.11 Å². The van der Waals surface area contributed by atoms with Crippen molar-refractivity contribution in [3.63, 3.8) is 0 Å². The smallest absolute Gasteiger partial charge is 0.354 e. The van der Waals surface area contributed by atoms with Crippen LogP contribution in [0.1, 0.15) is 34.8 Å². The van der Waals surface area contributed by atoms with Gasteiger partial charge >= 0.3 is 5.97 Å². The average Bonchev–Trinajstić information content (AvgIpc) is 2.30. The number of carboxylic acid groups (broad SMARTS) is 1. The van der Waals surface area contributed by atoms with Crippen molar-refractivity contribution in [2.24, 2.45) is 0 Å². The van der Waals surface area contributed by atoms with Gasteiger partial charge in [-0.1, -0.05) is 0 Å². The van der Waals surface area contributed by atoms with Crippen LogP contribution < -0.4 is 0 Å². The van der Waals surface area contributed by atoms with Gasteiger partial charge in [-0.2, -0.15) is 0 Å². The van der Waals surface area contributed by atoms with Crippen LogP contribution >= 0.6 is 0 Å². The summed E-state index contributed by atoms with van der Waals surface area (Å²) in [6, 6.07) is 3.64. The Bertz CT molecular complexity index is 384. The second-order valence-corrected chi connectivity index (χ2v) is 4.36. The van der Waals surface area contributed by atoms with Crippen LogP contribution in [0.15, 0.2) is 18.3 Å². The molecular formula is C12H16N2O2. The summed E-state index contributed by atoms with van der Waals surface area (Å²) >= 11 is 0. The summed E-state index contributed by atoms with van der Waals surface area (Å²) in [6.07, 6.45) is 3.79. The predicted molar refractivity (Wildman–Crippen MR) is 60.7 cm³/mol. The van der Waals surface area contributed by atoms with Gasteiger partial charge in [-0.15, -0.1) is 0 Å². The van der Waals surface area contributed by atoms with Gasteiger partial charge in [-0.25, -0.2) is 9.78 Å². The van der Waals surface area contributed by atoms with Crippen LogP contribution in [0.2, 0.25) is 0 Å². The van der Waals surface area contributed by atoms with Crippen molar-refractivity contribution in [2.75, 3.05) is 20.1 Å². The van der Waals surface area contributed by atoms with Crippen LogP contribution in [0.25, 0.3) is 0 Å². The van der Waals surface area contributed by atoms with Crippen molar-refractivity contribution >= 4 is 5.97 Å². The van der Waals surface area contributed by atoms with E-state index in [9.17, 15) is 4.79 Å². The van der Waals surface area contributed by atoms with E-state index in [1.54, 1.807) is 12.3 Å². The zero-order valence-corrected chi connectivity index (χ0v) is 9.39. The molecule has 86 valence electrons. The largest absolute Gasteiger partial charge is 0.477 e. The van der Waals surface area contributed by atoms with E-state index in [1.165, 1.54) is 0 Å². The van der Waals surface area contributed by atoms with Crippen molar-refractivity contribution in [3.05, 3.63) is 29.6 Å². The minimum Gasteiger partial charge on any atom is -0.477 e. The van der Waals surface area contributed by atoms with E-state index < -0.39 is 5.97 Å². The molecule has 1 aliphatic rings. The van der Waals surface area contributed by atoms with Crippen molar-refractivity contribution in [1.82, 2.24) is 9.88 Å². The van der Waals surface area contributed by atoms with Crippen molar-refractivity contribution in [2.45, 2.75) is 18.8 Å². The molecule has 1 N–H and O–H groups in total. The number of rotatable bonds is 2. The Labute approximate surface area is 94.9 Å². The highest BCUT2D eigenvalue weighted by Crippen LogP contribution is 2.27. The Hall–Kier alpha value is -1.42. The topological polar surface area (TPSA) is 53.4 Å². The Morgan fingerprint density at radius 1 is 1.50 bits per heavy atom. The lowest BCUT2D eigenvalue weighted by Crippen LogP contribution is -2.29. The van der Waals surface area contributed by atoms with Gasteiger partial charge in [0.2, 0.25) is 0 Å². The molecule has 0 saturated carbocycles. The van der Waals surface area contributed by atoms with Crippen molar-refractivity contribution in [1.29, 1.82) is 0 Å². The third-order valence-electron chi connectivity index (χ3n) is 3.19. The first-order valence-electron chi connectivity index (χ1n) is 5.54. The summed E-state index contributed by atoms with van der Waals surface area (Å²) in [6.45, 7) is 2.16. The molecule has 1 fully saturated rings. The van der Waals surface area contributed by atoms with Crippen LogP contribution in [-0.4, -0.2) is 41.1 Å². The first-order chi connectivity index (χ1) is 7.66. The maximum Gasteiger partial charge on any atom is 0.354 e. The van der Waals surface area contributed by atoms with Gasteiger partial charge in [0.05, 0.1) is 0 Å². The van der Waals surface area contributed by atoms with E-state index in [2.05, 4.69) is 16.9 Å². The summed E-state index contributed by atoms with van der Waals surface area (Å²) in [5, 5.41) is 8.88. The molecule has 16 heavy (non-hydrogen) atoms. The zero-order chi connectivity index (χ0) is 11.5. The van der Waals surface area contributed by atoms with E-state index in [0.717, 1.165) is 31.5 Å². The van der Waals surface area contributed by atoms with Crippen LogP contribution in [0.4, 0.5) is 0 Å². The molecule has 4 heteroatoms. The highest BCUT2D eigenvalue weighted by atomic mass is 16.4. The number of likely N-dealkylation sites (tertiary alicyclic amines) is 1. The fourth-order valence-electron chi connectivity index (χ4n) is 2.16. The molecule has 0 aliphatic carbocycles. The molecule has 0 unspecified atom stereocenters. The molecule has 0 radical (unpaired) electrons. The van der Waals surface area contributed by atoms with Gasteiger partial charge in [0.25, 0.3) is 0 Å². The Morgan fingerprint density at radius 3 is 2.81 bits per heavy atom. The number of carbonyl (C=O) groups is 1. The fraction of sp³-hybridized carbons (Fsp3) is 0.500. The van der Waals surface area contributed by atoms with Crippen LogP contribution in [0.5, 0.6) is 0 Å². The molecule has 0 amide bonds. The van der Waals surface area contributed by atoms with Gasteiger partial charge in [0.1, 0.15) is 5.69 Å². The van der Waals surface area contributed by atoms with E-state index in [1.807, 2.05) is 6.07 Å². The first kappa shape index (κ1) is 11.1. The maximum atomic E-state index is 10.8. The Morgan fingerprint density at radius 2 is 2.19 bits per heavy atom. The first-order valence-corrected chi connectivity index (χ1v) is 5.54. The van der Waals surface area contributed by atoms with E-state index in [-0.39, 0.29) is 5.69 Å². The zero-order valence-electron chi connectivity index (χ0n) is 9.39. The quantitative estimate of drug-likeness (QED) is 0.822. The number of piperidine rings is 1. The maximum absolute atomic E-state index is 10.8. The van der Waals surface area contributed by atoms with Crippen LogP contribution in [0.3, 0.4) is 0 Å². The molecule has 1 aromatic heterocycles. The molecule has 0 aromatic carbocycles. The minimum atomic E-state index is -0.949. The number of aromatic carboxylic acids is 1. The summed E-state index contributed by atoms with van der Waals surface area (Å²) in [7, 11) is 2.12. The van der Waals surface area contributed by atoms with Crippen molar-refractivity contribution in [3.8, 4) is 0 Å². The lowest BCUT2D eigenvalue weighted by molar-refractivity contribution is 0.0690. The van der Waals surface area contributed by atoms with Gasteiger partial charge in [-0.05, 0) is 56.6 Å². The Balaban J connectivity index is 2.14. The highest BCUT2D eigenvalue weighted by Gasteiger charge is 2.19. The molecule has 0 bridgehead atoms. The predicted octanol–water partition coefficient (Wildman–Crippen LogP) is 1.59. The molecule has 1 aliphatic heterocycles. The summed E-state index contributed by atoms with van der Waals surface area (Å²) in [5.41, 5.74) is 1.26. The summed E-state index contributed by atoms with van der Waals surface area (Å²) in [4.78, 5) is 17.0. The molecule has 2 rings (SSSR count). The monoisotopic (exact) mass is 220 g/mol. The average molecular weight is 220 g/mol. The second-order valence-electron chi connectivity index (χ2n) is 4.36. The van der Waals surface area contributed by atoms with Gasteiger partial charge in [-0.3, -0.25) is 0 Å². The molecular weight excluding hydrogens is 204 g/mol. The summed E-state index contributed by atoms with van der Waals surface area (Å²) < 4.78 is 0. The van der Waals surface area contributed by atoms with Gasteiger partial charge < -0.3 is 10.0 Å². The number of hydrogen-bond donors (Lipinski definition) is 1. The molecule has 1 saturated heterocycles. The molecule has 0 spiro atoms. The Kier molecular flexibility index (Phi) is 3.19. The lowest BCUT2D eigenvalue weighted by atomic mass is 9.90. The van der Waals surface area contributed by atoms with Crippen LogP contribution in [-0.2, 0) is 0 Å². The third-order valence-corrected chi connectivity index (χ3v) is 3.19. The SMILES string of the molecule is CN1CCC(c2ccnc(C(=O)O)c2)CC1. The number of carboxylic acids is 1. The number of pyridine rings is 1. The number of hydrogen-bond acceptors (Lipinski definition) is 3.